The molecule has 1 N–H and O–H groups in total. The molecule has 1 saturated heterocycles. The summed E-state index contributed by atoms with van der Waals surface area (Å²) < 4.78 is 27.3. The van der Waals surface area contributed by atoms with E-state index in [0.717, 1.165) is 25.8 Å². The summed E-state index contributed by atoms with van der Waals surface area (Å²) in [6.07, 6.45) is 3.77. The fourth-order valence-electron chi connectivity index (χ4n) is 2.25. The lowest BCUT2D eigenvalue weighted by Gasteiger charge is -2.24. The molecule has 1 aliphatic rings. The molecule has 1 nitrogen and oxygen atoms in total. The molecular weight excluding hydrogens is 208 g/mol. The first-order valence-corrected chi connectivity index (χ1v) is 5.85. The Morgan fingerprint density at radius 1 is 1.31 bits per heavy atom. The topological polar surface area (TPSA) is 12.0 Å². The number of rotatable bonds is 2. The van der Waals surface area contributed by atoms with E-state index in [1.165, 1.54) is 12.1 Å². The van der Waals surface area contributed by atoms with Crippen LogP contribution in [0.2, 0.25) is 0 Å². The highest BCUT2D eigenvalue weighted by Crippen LogP contribution is 2.20. The highest BCUT2D eigenvalue weighted by molar-refractivity contribution is 5.27. The van der Waals surface area contributed by atoms with Crippen molar-refractivity contribution >= 4 is 0 Å². The van der Waals surface area contributed by atoms with Crippen LogP contribution in [0.4, 0.5) is 8.78 Å². The third-order valence-electron chi connectivity index (χ3n) is 3.24. The quantitative estimate of drug-likeness (QED) is 0.816. The Hall–Kier alpha value is -0.960. The molecule has 0 radical (unpaired) electrons. The van der Waals surface area contributed by atoms with Crippen LogP contribution in [0.5, 0.6) is 0 Å². The molecule has 0 amide bonds. The van der Waals surface area contributed by atoms with Crippen molar-refractivity contribution in [1.82, 2.24) is 5.32 Å². The van der Waals surface area contributed by atoms with Gasteiger partial charge in [0, 0.05) is 11.6 Å². The molecule has 1 unspecified atom stereocenters. The normalized spacial score (nSPS) is 21.1. The lowest BCUT2D eigenvalue weighted by Crippen LogP contribution is -2.36. The SMILES string of the molecule is Cc1ccc(F)c(CC2CCCCN2)c1F. The molecule has 1 heterocycles. The standard InChI is InChI=1S/C13H17F2N/c1-9-5-6-12(14)11(13(9)15)8-10-4-2-3-7-16-10/h5-6,10,16H,2-4,7-8H2,1H3. The number of hydrogen-bond donors (Lipinski definition) is 1. The Bertz CT molecular complexity index is 370. The van der Waals surface area contributed by atoms with E-state index in [2.05, 4.69) is 5.32 Å². The Morgan fingerprint density at radius 2 is 2.12 bits per heavy atom. The van der Waals surface area contributed by atoms with Gasteiger partial charge in [0.15, 0.2) is 0 Å². The summed E-state index contributed by atoms with van der Waals surface area (Å²) in [4.78, 5) is 0. The van der Waals surface area contributed by atoms with Gasteiger partial charge in [-0.25, -0.2) is 8.78 Å². The first kappa shape index (κ1) is 11.5. The summed E-state index contributed by atoms with van der Waals surface area (Å²) in [7, 11) is 0. The van der Waals surface area contributed by atoms with Crippen molar-refractivity contribution in [1.29, 1.82) is 0 Å². The smallest absolute Gasteiger partial charge is 0.132 e. The van der Waals surface area contributed by atoms with Crippen LogP contribution in [0, 0.1) is 18.6 Å². The summed E-state index contributed by atoms with van der Waals surface area (Å²) in [5.74, 6) is -0.803. The molecule has 1 aromatic carbocycles. The summed E-state index contributed by atoms with van der Waals surface area (Å²) in [5.41, 5.74) is 0.756. The predicted molar refractivity (Wildman–Crippen MR) is 60.4 cm³/mol. The molecule has 1 atom stereocenters. The molecule has 0 aliphatic carbocycles. The van der Waals surface area contributed by atoms with E-state index < -0.39 is 5.82 Å². The second-order valence-corrected chi connectivity index (χ2v) is 4.51. The van der Waals surface area contributed by atoms with Gasteiger partial charge in [-0.1, -0.05) is 12.5 Å². The number of nitrogens with one attached hydrogen (secondary N) is 1. The molecular formula is C13H17F2N. The number of halogens is 2. The van der Waals surface area contributed by atoms with Crippen LogP contribution in [0.15, 0.2) is 12.1 Å². The zero-order valence-corrected chi connectivity index (χ0v) is 9.52. The largest absolute Gasteiger partial charge is 0.314 e. The zero-order chi connectivity index (χ0) is 11.5. The Balaban J connectivity index is 2.16. The first-order valence-electron chi connectivity index (χ1n) is 5.85. The molecule has 0 aromatic heterocycles. The lowest BCUT2D eigenvalue weighted by atomic mass is 9.96. The van der Waals surface area contributed by atoms with Gasteiger partial charge in [0.05, 0.1) is 0 Å². The van der Waals surface area contributed by atoms with Gasteiger partial charge in [0.25, 0.3) is 0 Å². The van der Waals surface area contributed by atoms with E-state index in [1.54, 1.807) is 6.92 Å². The van der Waals surface area contributed by atoms with E-state index in [-0.39, 0.29) is 17.4 Å². The maximum atomic E-state index is 13.7. The van der Waals surface area contributed by atoms with Crippen molar-refractivity contribution in [2.24, 2.45) is 0 Å². The molecule has 0 saturated carbocycles. The van der Waals surface area contributed by atoms with E-state index in [1.807, 2.05) is 0 Å². The van der Waals surface area contributed by atoms with Crippen molar-refractivity contribution in [2.75, 3.05) is 6.54 Å². The maximum absolute atomic E-state index is 13.7. The van der Waals surface area contributed by atoms with Crippen LogP contribution in [0.3, 0.4) is 0 Å². The van der Waals surface area contributed by atoms with Crippen LogP contribution < -0.4 is 5.32 Å². The average molecular weight is 225 g/mol. The van der Waals surface area contributed by atoms with Crippen molar-refractivity contribution in [3.8, 4) is 0 Å². The third-order valence-corrected chi connectivity index (χ3v) is 3.24. The average Bonchev–Trinajstić information content (AvgIpc) is 2.31. The van der Waals surface area contributed by atoms with Gasteiger partial charge in [-0.05, 0) is 44.4 Å². The van der Waals surface area contributed by atoms with E-state index in [4.69, 9.17) is 0 Å². The molecule has 16 heavy (non-hydrogen) atoms. The van der Waals surface area contributed by atoms with Gasteiger partial charge in [-0.15, -0.1) is 0 Å². The molecule has 0 bridgehead atoms. The maximum Gasteiger partial charge on any atom is 0.132 e. The van der Waals surface area contributed by atoms with Gasteiger partial charge in [0.1, 0.15) is 11.6 Å². The van der Waals surface area contributed by atoms with Crippen LogP contribution in [-0.2, 0) is 6.42 Å². The zero-order valence-electron chi connectivity index (χ0n) is 9.52. The van der Waals surface area contributed by atoms with Crippen LogP contribution in [0.25, 0.3) is 0 Å². The third kappa shape index (κ3) is 2.40. The van der Waals surface area contributed by atoms with Crippen molar-refractivity contribution in [2.45, 2.75) is 38.6 Å². The second-order valence-electron chi connectivity index (χ2n) is 4.51. The molecule has 3 heteroatoms. The molecule has 2 rings (SSSR count). The molecule has 0 spiro atoms. The highest BCUT2D eigenvalue weighted by atomic mass is 19.1. The summed E-state index contributed by atoms with van der Waals surface area (Å²) in [6.45, 7) is 2.63. The monoisotopic (exact) mass is 225 g/mol. The fraction of sp³-hybridized carbons (Fsp3) is 0.538. The molecule has 1 aromatic rings. The fourth-order valence-corrected chi connectivity index (χ4v) is 2.25. The number of hydrogen-bond acceptors (Lipinski definition) is 1. The van der Waals surface area contributed by atoms with E-state index >= 15 is 0 Å². The second kappa shape index (κ2) is 4.91. The number of aryl methyl sites for hydroxylation is 1. The first-order chi connectivity index (χ1) is 7.68. The highest BCUT2D eigenvalue weighted by Gasteiger charge is 2.18. The van der Waals surface area contributed by atoms with Gasteiger partial charge in [-0.3, -0.25) is 0 Å². The summed E-state index contributed by atoms with van der Waals surface area (Å²) in [5, 5.41) is 3.31. The minimum atomic E-state index is -0.421. The van der Waals surface area contributed by atoms with Gasteiger partial charge in [-0.2, -0.15) is 0 Å². The van der Waals surface area contributed by atoms with Crippen molar-refractivity contribution in [3.63, 3.8) is 0 Å². The van der Waals surface area contributed by atoms with Crippen molar-refractivity contribution < 1.29 is 8.78 Å². The van der Waals surface area contributed by atoms with Gasteiger partial charge >= 0.3 is 0 Å². The summed E-state index contributed by atoms with van der Waals surface area (Å²) >= 11 is 0. The molecule has 88 valence electrons. The Kier molecular flexibility index (Phi) is 3.54. The Labute approximate surface area is 94.9 Å². The van der Waals surface area contributed by atoms with E-state index in [0.29, 0.717) is 12.0 Å². The van der Waals surface area contributed by atoms with Crippen LogP contribution in [-0.4, -0.2) is 12.6 Å². The van der Waals surface area contributed by atoms with Crippen molar-refractivity contribution in [3.05, 3.63) is 34.9 Å². The Morgan fingerprint density at radius 3 is 2.81 bits per heavy atom. The van der Waals surface area contributed by atoms with Crippen LogP contribution >= 0.6 is 0 Å². The number of benzene rings is 1. The van der Waals surface area contributed by atoms with Crippen LogP contribution in [0.1, 0.15) is 30.4 Å². The van der Waals surface area contributed by atoms with Gasteiger partial charge in [0.2, 0.25) is 0 Å². The number of piperidine rings is 1. The minimum Gasteiger partial charge on any atom is -0.314 e. The minimum absolute atomic E-state index is 0.222. The molecule has 1 fully saturated rings. The lowest BCUT2D eigenvalue weighted by molar-refractivity contribution is 0.389. The molecule has 1 aliphatic heterocycles. The predicted octanol–water partition coefficient (Wildman–Crippen LogP) is 2.96. The van der Waals surface area contributed by atoms with E-state index in [9.17, 15) is 8.78 Å². The van der Waals surface area contributed by atoms with Gasteiger partial charge < -0.3 is 5.32 Å². The summed E-state index contributed by atoms with van der Waals surface area (Å²) in [6, 6.07) is 3.07.